The van der Waals surface area contributed by atoms with Crippen molar-refractivity contribution in [1.29, 1.82) is 0 Å². The van der Waals surface area contributed by atoms with Gasteiger partial charge < -0.3 is 5.32 Å². The summed E-state index contributed by atoms with van der Waals surface area (Å²) in [5.41, 5.74) is 1.11. The van der Waals surface area contributed by atoms with Crippen molar-refractivity contribution < 1.29 is 8.78 Å². The fraction of sp³-hybridized carbons (Fsp3) is 0.625. The van der Waals surface area contributed by atoms with Crippen molar-refractivity contribution in [2.24, 2.45) is 5.41 Å². The van der Waals surface area contributed by atoms with Gasteiger partial charge in [-0.05, 0) is 61.8 Å². The summed E-state index contributed by atoms with van der Waals surface area (Å²) < 4.78 is 26.0. The van der Waals surface area contributed by atoms with Gasteiger partial charge in [0.05, 0.1) is 0 Å². The molecule has 0 radical (unpaired) electrons. The molecule has 1 saturated carbocycles. The number of hydrogen-bond donors (Lipinski definition) is 1. The van der Waals surface area contributed by atoms with Gasteiger partial charge in [0.1, 0.15) is 0 Å². The number of aryl methyl sites for hydroxylation is 1. The Morgan fingerprint density at radius 3 is 2.53 bits per heavy atom. The van der Waals surface area contributed by atoms with Gasteiger partial charge in [0.2, 0.25) is 0 Å². The first-order valence-electron chi connectivity index (χ1n) is 7.14. The van der Waals surface area contributed by atoms with Crippen molar-refractivity contribution in [3.8, 4) is 0 Å². The second-order valence-corrected chi connectivity index (χ2v) is 6.39. The number of halogens is 2. The van der Waals surface area contributed by atoms with Crippen molar-refractivity contribution >= 4 is 0 Å². The zero-order chi connectivity index (χ0) is 13.9. The topological polar surface area (TPSA) is 12.0 Å². The normalized spacial score (nSPS) is 15.8. The van der Waals surface area contributed by atoms with Crippen LogP contribution < -0.4 is 5.32 Å². The quantitative estimate of drug-likeness (QED) is 0.785. The average Bonchev–Trinajstić information content (AvgIpc) is 3.15. The van der Waals surface area contributed by atoms with E-state index in [0.717, 1.165) is 37.4 Å². The van der Waals surface area contributed by atoms with E-state index in [-0.39, 0.29) is 5.41 Å². The van der Waals surface area contributed by atoms with Gasteiger partial charge in [0, 0.05) is 6.04 Å². The third-order valence-corrected chi connectivity index (χ3v) is 3.89. The maximum Gasteiger partial charge on any atom is 0.159 e. The van der Waals surface area contributed by atoms with Crippen LogP contribution in [-0.2, 0) is 6.42 Å². The van der Waals surface area contributed by atoms with Crippen LogP contribution in [0, 0.1) is 17.0 Å². The van der Waals surface area contributed by atoms with Gasteiger partial charge in [-0.2, -0.15) is 0 Å². The van der Waals surface area contributed by atoms with Gasteiger partial charge in [-0.25, -0.2) is 8.78 Å². The fourth-order valence-electron chi connectivity index (χ4n) is 2.21. The maximum absolute atomic E-state index is 13.1. The minimum atomic E-state index is -0.767. The van der Waals surface area contributed by atoms with E-state index in [2.05, 4.69) is 19.2 Å². The van der Waals surface area contributed by atoms with E-state index < -0.39 is 11.6 Å². The minimum Gasteiger partial charge on any atom is -0.314 e. The summed E-state index contributed by atoms with van der Waals surface area (Å²) in [7, 11) is 0. The Kier molecular flexibility index (Phi) is 4.56. The van der Waals surface area contributed by atoms with E-state index >= 15 is 0 Å². The van der Waals surface area contributed by atoms with E-state index in [1.54, 1.807) is 6.07 Å². The minimum absolute atomic E-state index is 0.229. The van der Waals surface area contributed by atoms with Crippen LogP contribution in [0.4, 0.5) is 8.78 Å². The van der Waals surface area contributed by atoms with E-state index in [9.17, 15) is 8.78 Å². The van der Waals surface area contributed by atoms with Crippen LogP contribution in [0.5, 0.6) is 0 Å². The Morgan fingerprint density at radius 2 is 1.89 bits per heavy atom. The summed E-state index contributed by atoms with van der Waals surface area (Å²) in [5.74, 6) is -1.51. The van der Waals surface area contributed by atoms with Gasteiger partial charge in [-0.3, -0.25) is 0 Å². The first-order chi connectivity index (χ1) is 8.96. The number of hydrogen-bond acceptors (Lipinski definition) is 1. The lowest BCUT2D eigenvalue weighted by Gasteiger charge is -2.25. The SMILES string of the molecule is CC(C)(CCNC1CC1)CCc1ccc(F)c(F)c1. The van der Waals surface area contributed by atoms with Crippen molar-refractivity contribution in [2.45, 2.75) is 52.0 Å². The highest BCUT2D eigenvalue weighted by Gasteiger charge is 2.22. The van der Waals surface area contributed by atoms with Crippen LogP contribution in [0.15, 0.2) is 18.2 Å². The largest absolute Gasteiger partial charge is 0.314 e. The standard InChI is InChI=1S/C16H23F2N/c1-16(2,9-10-19-13-4-5-13)8-7-12-3-6-14(17)15(18)11-12/h3,6,11,13,19H,4-5,7-10H2,1-2H3. The molecular formula is C16H23F2N. The molecule has 1 nitrogen and oxygen atoms in total. The Hall–Kier alpha value is -0.960. The molecule has 0 amide bonds. The van der Waals surface area contributed by atoms with Crippen molar-refractivity contribution in [3.05, 3.63) is 35.4 Å². The molecule has 0 saturated heterocycles. The molecule has 3 heteroatoms. The molecule has 19 heavy (non-hydrogen) atoms. The predicted octanol–water partition coefficient (Wildman–Crippen LogP) is 4.07. The van der Waals surface area contributed by atoms with Crippen LogP contribution >= 0.6 is 0 Å². The Bertz CT molecular complexity index is 425. The number of nitrogens with one attached hydrogen (secondary N) is 1. The first-order valence-corrected chi connectivity index (χ1v) is 7.14. The van der Waals surface area contributed by atoms with E-state index in [1.807, 2.05) is 0 Å². The molecule has 2 rings (SSSR count). The predicted molar refractivity (Wildman–Crippen MR) is 74.1 cm³/mol. The summed E-state index contributed by atoms with van der Waals surface area (Å²) >= 11 is 0. The van der Waals surface area contributed by atoms with E-state index in [0.29, 0.717) is 0 Å². The van der Waals surface area contributed by atoms with E-state index in [1.165, 1.54) is 25.0 Å². The van der Waals surface area contributed by atoms with Gasteiger partial charge >= 0.3 is 0 Å². The molecule has 0 aliphatic heterocycles. The Balaban J connectivity index is 1.76. The molecule has 0 atom stereocenters. The zero-order valence-electron chi connectivity index (χ0n) is 11.8. The molecule has 1 aliphatic rings. The summed E-state index contributed by atoms with van der Waals surface area (Å²) in [5, 5.41) is 3.52. The van der Waals surface area contributed by atoms with Crippen LogP contribution in [0.3, 0.4) is 0 Å². The number of rotatable bonds is 7. The third-order valence-electron chi connectivity index (χ3n) is 3.89. The maximum atomic E-state index is 13.1. The second-order valence-electron chi connectivity index (χ2n) is 6.39. The second kappa shape index (κ2) is 6.00. The average molecular weight is 267 g/mol. The molecule has 0 heterocycles. The summed E-state index contributed by atoms with van der Waals surface area (Å²) in [6.07, 6.45) is 5.54. The molecule has 106 valence electrons. The molecule has 0 aromatic heterocycles. The van der Waals surface area contributed by atoms with Gasteiger partial charge in [-0.15, -0.1) is 0 Å². The van der Waals surface area contributed by atoms with Gasteiger partial charge in [0.15, 0.2) is 11.6 Å². The molecule has 1 aliphatic carbocycles. The third kappa shape index (κ3) is 4.90. The highest BCUT2D eigenvalue weighted by molar-refractivity contribution is 5.18. The summed E-state index contributed by atoms with van der Waals surface area (Å²) in [6, 6.07) is 4.96. The molecule has 0 unspecified atom stereocenters. The van der Waals surface area contributed by atoms with Crippen molar-refractivity contribution in [3.63, 3.8) is 0 Å². The monoisotopic (exact) mass is 267 g/mol. The first kappa shape index (κ1) is 14.4. The molecule has 1 aromatic rings. The lowest BCUT2D eigenvalue weighted by molar-refractivity contribution is 0.301. The summed E-state index contributed by atoms with van der Waals surface area (Å²) in [4.78, 5) is 0. The molecule has 1 aromatic carbocycles. The molecule has 0 spiro atoms. The smallest absolute Gasteiger partial charge is 0.159 e. The Labute approximate surface area is 114 Å². The molecule has 0 bridgehead atoms. The molecule has 1 N–H and O–H groups in total. The van der Waals surface area contributed by atoms with Gasteiger partial charge in [-0.1, -0.05) is 19.9 Å². The summed E-state index contributed by atoms with van der Waals surface area (Å²) in [6.45, 7) is 5.53. The van der Waals surface area contributed by atoms with Crippen molar-refractivity contribution in [2.75, 3.05) is 6.54 Å². The fourth-order valence-corrected chi connectivity index (χ4v) is 2.21. The van der Waals surface area contributed by atoms with Crippen LogP contribution in [0.25, 0.3) is 0 Å². The van der Waals surface area contributed by atoms with Crippen LogP contribution in [0.1, 0.15) is 45.1 Å². The highest BCUT2D eigenvalue weighted by atomic mass is 19.2. The zero-order valence-corrected chi connectivity index (χ0v) is 11.8. The van der Waals surface area contributed by atoms with Gasteiger partial charge in [0.25, 0.3) is 0 Å². The lowest BCUT2D eigenvalue weighted by atomic mass is 9.83. The molecular weight excluding hydrogens is 244 g/mol. The lowest BCUT2D eigenvalue weighted by Crippen LogP contribution is -2.24. The number of benzene rings is 1. The van der Waals surface area contributed by atoms with Crippen molar-refractivity contribution in [1.82, 2.24) is 5.32 Å². The Morgan fingerprint density at radius 1 is 1.16 bits per heavy atom. The van der Waals surface area contributed by atoms with Crippen LogP contribution in [0.2, 0.25) is 0 Å². The highest BCUT2D eigenvalue weighted by Crippen LogP contribution is 2.28. The van der Waals surface area contributed by atoms with Crippen LogP contribution in [-0.4, -0.2) is 12.6 Å². The molecule has 1 fully saturated rings. The van der Waals surface area contributed by atoms with E-state index in [4.69, 9.17) is 0 Å².